The summed E-state index contributed by atoms with van der Waals surface area (Å²) >= 11 is 0. The predicted octanol–water partition coefficient (Wildman–Crippen LogP) is 3.98. The highest BCUT2D eigenvalue weighted by atomic mass is 16.5. The maximum Gasteiger partial charge on any atom is 0.338 e. The minimum absolute atomic E-state index is 0.0100. The van der Waals surface area contributed by atoms with Gasteiger partial charge in [-0.15, -0.1) is 0 Å². The molecule has 2 aromatic rings. The molecule has 3 atom stereocenters. The van der Waals surface area contributed by atoms with Crippen molar-refractivity contribution in [2.24, 2.45) is 11.3 Å². The minimum Gasteiger partial charge on any atom is -0.462 e. The van der Waals surface area contributed by atoms with E-state index in [1.54, 1.807) is 31.2 Å². The molecule has 0 radical (unpaired) electrons. The van der Waals surface area contributed by atoms with Gasteiger partial charge in [-0.3, -0.25) is 14.9 Å². The van der Waals surface area contributed by atoms with Crippen LogP contribution in [-0.4, -0.2) is 30.4 Å². The Bertz CT molecular complexity index is 1110. The highest BCUT2D eigenvalue weighted by molar-refractivity contribution is 6.12. The van der Waals surface area contributed by atoms with E-state index >= 15 is 0 Å². The second kappa shape index (κ2) is 8.30. The van der Waals surface area contributed by atoms with Crippen LogP contribution in [0.25, 0.3) is 0 Å². The Morgan fingerprint density at radius 3 is 2.52 bits per heavy atom. The van der Waals surface area contributed by atoms with Crippen molar-refractivity contribution in [3.05, 3.63) is 59.2 Å². The van der Waals surface area contributed by atoms with Crippen molar-refractivity contribution in [1.29, 1.82) is 0 Å². The molecule has 33 heavy (non-hydrogen) atoms. The van der Waals surface area contributed by atoms with Crippen LogP contribution < -0.4 is 16.0 Å². The molecule has 0 aliphatic carbocycles. The largest absolute Gasteiger partial charge is 0.462 e. The van der Waals surface area contributed by atoms with Crippen molar-refractivity contribution in [3.63, 3.8) is 0 Å². The van der Waals surface area contributed by atoms with Gasteiger partial charge in [-0.1, -0.05) is 31.5 Å². The number of anilines is 2. The van der Waals surface area contributed by atoms with Crippen LogP contribution in [0.3, 0.4) is 0 Å². The van der Waals surface area contributed by atoms with E-state index in [9.17, 15) is 14.4 Å². The molecule has 2 aliphatic heterocycles. The van der Waals surface area contributed by atoms with Crippen LogP contribution in [0.15, 0.2) is 42.5 Å². The average Bonchev–Trinajstić information content (AvgIpc) is 3.25. The minimum atomic E-state index is -1.17. The maximum absolute atomic E-state index is 13.8. The van der Waals surface area contributed by atoms with Gasteiger partial charge >= 0.3 is 5.97 Å². The molecule has 2 aromatic carbocycles. The molecule has 2 amide bonds. The number of carbonyl (C=O) groups is 3. The third-order valence-electron chi connectivity index (χ3n) is 6.99. The van der Waals surface area contributed by atoms with Gasteiger partial charge in [0.15, 0.2) is 0 Å². The van der Waals surface area contributed by atoms with Gasteiger partial charge in [-0.25, -0.2) is 4.79 Å². The van der Waals surface area contributed by atoms with Crippen LogP contribution in [-0.2, 0) is 19.9 Å². The van der Waals surface area contributed by atoms with Gasteiger partial charge in [0, 0.05) is 23.0 Å². The Balaban J connectivity index is 1.70. The van der Waals surface area contributed by atoms with Crippen molar-refractivity contribution in [2.45, 2.75) is 52.6 Å². The molecule has 2 aliphatic rings. The summed E-state index contributed by atoms with van der Waals surface area (Å²) in [6, 6.07) is 12.4. The molecule has 2 heterocycles. The summed E-state index contributed by atoms with van der Waals surface area (Å²) in [5.41, 5.74) is 1.34. The van der Waals surface area contributed by atoms with Crippen LogP contribution in [0.4, 0.5) is 11.4 Å². The van der Waals surface area contributed by atoms with Crippen LogP contribution in [0.1, 0.15) is 55.6 Å². The average molecular weight is 450 g/mol. The third-order valence-corrected chi connectivity index (χ3v) is 6.99. The van der Waals surface area contributed by atoms with Gasteiger partial charge in [-0.05, 0) is 63.4 Å². The molecule has 4 rings (SSSR count). The molecule has 0 bridgehead atoms. The molecule has 0 saturated carbocycles. The van der Waals surface area contributed by atoms with Crippen LogP contribution in [0, 0.1) is 18.3 Å². The Kier molecular flexibility index (Phi) is 5.78. The Hall–Kier alpha value is -3.19. The zero-order chi connectivity index (χ0) is 24.0. The maximum atomic E-state index is 13.8. The summed E-state index contributed by atoms with van der Waals surface area (Å²) in [5, 5.41) is 9.54. The number of carbonyl (C=O) groups excluding carboxylic acids is 3. The Morgan fingerprint density at radius 1 is 1.18 bits per heavy atom. The lowest BCUT2D eigenvalue weighted by Crippen LogP contribution is -2.58. The van der Waals surface area contributed by atoms with E-state index in [0.29, 0.717) is 24.3 Å². The molecule has 0 aromatic heterocycles. The van der Waals surface area contributed by atoms with E-state index in [4.69, 9.17) is 4.74 Å². The van der Waals surface area contributed by atoms with E-state index in [-0.39, 0.29) is 23.8 Å². The summed E-state index contributed by atoms with van der Waals surface area (Å²) in [6.45, 7) is 10.1. The molecule has 7 heteroatoms. The zero-order valence-electron chi connectivity index (χ0n) is 19.7. The van der Waals surface area contributed by atoms with Crippen molar-refractivity contribution >= 4 is 29.2 Å². The van der Waals surface area contributed by atoms with E-state index in [1.165, 1.54) is 0 Å². The molecular formula is C26H31N3O4. The number of rotatable bonds is 5. The molecule has 174 valence electrons. The van der Waals surface area contributed by atoms with Crippen molar-refractivity contribution in [3.8, 4) is 0 Å². The fourth-order valence-electron chi connectivity index (χ4n) is 5.03. The van der Waals surface area contributed by atoms with Crippen LogP contribution in [0.5, 0.6) is 0 Å². The fourth-order valence-corrected chi connectivity index (χ4v) is 5.03. The van der Waals surface area contributed by atoms with Gasteiger partial charge < -0.3 is 15.4 Å². The molecule has 1 saturated heterocycles. The number of amides is 2. The van der Waals surface area contributed by atoms with Crippen molar-refractivity contribution in [2.75, 3.05) is 17.2 Å². The zero-order valence-corrected chi connectivity index (χ0v) is 19.7. The molecule has 7 nitrogen and oxygen atoms in total. The lowest BCUT2D eigenvalue weighted by molar-refractivity contribution is -0.136. The summed E-state index contributed by atoms with van der Waals surface area (Å²) in [6.07, 6.45) is 0.512. The summed E-state index contributed by atoms with van der Waals surface area (Å²) in [5.74, 6) is -0.620. The SMILES string of the molecule is CCOC(=O)c1ccc(NC(=O)[C@@]2(C)C[C@H](C(C)C)N[C@]23C(=O)Nc2ccc(C)cc23)cc1. The Morgan fingerprint density at radius 2 is 1.88 bits per heavy atom. The van der Waals surface area contributed by atoms with Gasteiger partial charge in [0.25, 0.3) is 5.91 Å². The quantitative estimate of drug-likeness (QED) is 0.600. The number of esters is 1. The fraction of sp³-hybridized carbons (Fsp3) is 0.423. The number of benzene rings is 2. The lowest BCUT2D eigenvalue weighted by atomic mass is 9.67. The van der Waals surface area contributed by atoms with Crippen molar-refractivity contribution < 1.29 is 19.1 Å². The second-order valence-electron chi connectivity index (χ2n) is 9.54. The third kappa shape index (κ3) is 3.60. The first-order valence-electron chi connectivity index (χ1n) is 11.4. The van der Waals surface area contributed by atoms with Crippen molar-refractivity contribution in [1.82, 2.24) is 5.32 Å². The van der Waals surface area contributed by atoms with Crippen LogP contribution in [0.2, 0.25) is 0 Å². The van der Waals surface area contributed by atoms with E-state index in [1.807, 2.05) is 32.0 Å². The molecule has 0 unspecified atom stereocenters. The van der Waals surface area contributed by atoms with Gasteiger partial charge in [-0.2, -0.15) is 0 Å². The van der Waals surface area contributed by atoms with Gasteiger partial charge in [0.2, 0.25) is 5.91 Å². The highest BCUT2D eigenvalue weighted by Gasteiger charge is 2.67. The second-order valence-corrected chi connectivity index (χ2v) is 9.54. The summed E-state index contributed by atoms with van der Waals surface area (Å²) in [7, 11) is 0. The topological polar surface area (TPSA) is 96.5 Å². The molecule has 1 fully saturated rings. The molecule has 3 N–H and O–H groups in total. The number of fused-ring (bicyclic) bond motifs is 2. The van der Waals surface area contributed by atoms with Gasteiger partial charge in [0.05, 0.1) is 17.6 Å². The summed E-state index contributed by atoms with van der Waals surface area (Å²) < 4.78 is 5.02. The van der Waals surface area contributed by atoms with E-state index in [0.717, 1.165) is 16.8 Å². The van der Waals surface area contributed by atoms with E-state index < -0.39 is 16.9 Å². The smallest absolute Gasteiger partial charge is 0.338 e. The normalized spacial score (nSPS) is 25.8. The number of aryl methyl sites for hydroxylation is 1. The first kappa shape index (κ1) is 23.0. The first-order valence-corrected chi connectivity index (χ1v) is 11.4. The molecule has 1 spiro atoms. The predicted molar refractivity (Wildman–Crippen MR) is 127 cm³/mol. The monoisotopic (exact) mass is 449 g/mol. The number of nitrogens with one attached hydrogen (secondary N) is 3. The van der Waals surface area contributed by atoms with Crippen LogP contribution >= 0.6 is 0 Å². The first-order chi connectivity index (χ1) is 15.6. The number of ether oxygens (including phenoxy) is 1. The molecular weight excluding hydrogens is 418 g/mol. The van der Waals surface area contributed by atoms with Gasteiger partial charge in [0.1, 0.15) is 5.54 Å². The lowest BCUT2D eigenvalue weighted by Gasteiger charge is -2.37. The Labute approximate surface area is 194 Å². The summed E-state index contributed by atoms with van der Waals surface area (Å²) in [4.78, 5) is 39.2. The van der Waals surface area contributed by atoms with E-state index in [2.05, 4.69) is 29.8 Å². The standard InChI is InChI=1S/C26H31N3O4/c1-6-33-22(30)17-8-10-18(11-9-17)27-23(31)25(5)14-21(15(2)3)29-26(25)19-13-16(4)7-12-20(19)28-24(26)32/h7-13,15,21,29H,6,14H2,1-5H3,(H,27,31)(H,28,32)/t21-,25-,26-/m1/s1. The highest BCUT2D eigenvalue weighted by Crippen LogP contribution is 2.55. The number of hydrogen-bond donors (Lipinski definition) is 3. The number of hydrogen-bond acceptors (Lipinski definition) is 5.